The summed E-state index contributed by atoms with van der Waals surface area (Å²) in [5.74, 6) is 0.250. The van der Waals surface area contributed by atoms with E-state index in [1.54, 1.807) is 37.3 Å². The number of carbonyl (C=O) groups is 1. The molecule has 0 bridgehead atoms. The lowest BCUT2D eigenvalue weighted by atomic mass is 10.3. The quantitative estimate of drug-likeness (QED) is 0.873. The zero-order valence-corrected chi connectivity index (χ0v) is 12.8. The fourth-order valence-electron chi connectivity index (χ4n) is 1.77. The number of benzene rings is 1. The first-order valence-electron chi connectivity index (χ1n) is 6.74. The minimum absolute atomic E-state index is 0.115. The Kier molecular flexibility index (Phi) is 5.55. The Balaban J connectivity index is 1.76. The Morgan fingerprint density at radius 3 is 2.95 bits per heavy atom. The maximum absolute atomic E-state index is 11.7. The first-order chi connectivity index (χ1) is 10.5. The fraction of sp³-hybridized carbons (Fsp3) is 0.267. The van der Waals surface area contributed by atoms with Crippen molar-refractivity contribution in [3.63, 3.8) is 0 Å². The maximum atomic E-state index is 11.7. The molecule has 6 nitrogen and oxygen atoms in total. The van der Waals surface area contributed by atoms with E-state index in [0.717, 1.165) is 5.69 Å². The zero-order chi connectivity index (χ0) is 15.9. The van der Waals surface area contributed by atoms with Crippen LogP contribution in [-0.2, 0) is 11.3 Å². The van der Waals surface area contributed by atoms with Crippen molar-refractivity contribution in [2.24, 2.45) is 0 Å². The number of aromatic nitrogens is 2. The molecule has 0 aliphatic carbocycles. The van der Waals surface area contributed by atoms with Crippen LogP contribution in [-0.4, -0.2) is 28.8 Å². The van der Waals surface area contributed by atoms with Gasteiger partial charge in [0.1, 0.15) is 5.75 Å². The largest absolute Gasteiger partial charge is 0.484 e. The highest BCUT2D eigenvalue weighted by Crippen LogP contribution is 2.16. The molecule has 116 valence electrons. The first-order valence-corrected chi connectivity index (χ1v) is 7.12. The monoisotopic (exact) mass is 321 g/mol. The molecule has 2 rings (SSSR count). The molecule has 0 atom stereocenters. The molecule has 0 aliphatic rings. The van der Waals surface area contributed by atoms with Crippen molar-refractivity contribution in [3.8, 4) is 5.75 Å². The van der Waals surface area contributed by atoms with Gasteiger partial charge in [0, 0.05) is 17.6 Å². The van der Waals surface area contributed by atoms with Gasteiger partial charge in [0.05, 0.1) is 12.2 Å². The van der Waals surface area contributed by atoms with Crippen LogP contribution in [0.3, 0.4) is 0 Å². The summed E-state index contributed by atoms with van der Waals surface area (Å²) in [6.45, 7) is 2.29. The molecule has 0 unspecified atom stereocenters. The summed E-state index contributed by atoms with van der Waals surface area (Å²) in [5.41, 5.74) is 0.547. The molecule has 1 N–H and O–H groups in total. The van der Waals surface area contributed by atoms with Crippen LogP contribution in [0.1, 0.15) is 5.69 Å². The lowest BCUT2D eigenvalue weighted by molar-refractivity contribution is -0.123. The molecule has 7 heteroatoms. The van der Waals surface area contributed by atoms with Crippen molar-refractivity contribution >= 4 is 17.5 Å². The molecule has 0 aliphatic heterocycles. The van der Waals surface area contributed by atoms with E-state index >= 15 is 0 Å². The van der Waals surface area contributed by atoms with Crippen molar-refractivity contribution < 1.29 is 9.53 Å². The zero-order valence-electron chi connectivity index (χ0n) is 12.1. The lowest BCUT2D eigenvalue weighted by Crippen LogP contribution is -2.34. The SMILES string of the molecule is Cc1ccc(=O)n(CCNC(=O)COc2cccc(Cl)c2)n1. The van der Waals surface area contributed by atoms with Crippen molar-refractivity contribution in [2.75, 3.05) is 13.2 Å². The van der Waals surface area contributed by atoms with Gasteiger partial charge >= 0.3 is 0 Å². The number of hydrogen-bond donors (Lipinski definition) is 1. The summed E-state index contributed by atoms with van der Waals surface area (Å²) < 4.78 is 6.63. The van der Waals surface area contributed by atoms with Crippen LogP contribution < -0.4 is 15.6 Å². The Hall–Kier alpha value is -2.34. The summed E-state index contributed by atoms with van der Waals surface area (Å²) in [5, 5.41) is 7.29. The third-order valence-corrected chi connectivity index (χ3v) is 3.05. The van der Waals surface area contributed by atoms with Gasteiger partial charge in [-0.15, -0.1) is 0 Å². The highest BCUT2D eigenvalue weighted by atomic mass is 35.5. The van der Waals surface area contributed by atoms with Crippen LogP contribution in [0.25, 0.3) is 0 Å². The minimum atomic E-state index is -0.277. The standard InChI is InChI=1S/C15H16ClN3O3/c1-11-5-6-15(21)19(18-11)8-7-17-14(20)10-22-13-4-2-3-12(16)9-13/h2-6,9H,7-8,10H2,1H3,(H,17,20). The number of nitrogens with zero attached hydrogens (tertiary/aromatic N) is 2. The Bertz CT molecular complexity index is 715. The van der Waals surface area contributed by atoms with E-state index in [1.807, 2.05) is 0 Å². The number of carbonyl (C=O) groups excluding carboxylic acids is 1. The summed E-state index contributed by atoms with van der Waals surface area (Å²) in [4.78, 5) is 23.2. The molecule has 22 heavy (non-hydrogen) atoms. The molecule has 2 aromatic rings. The van der Waals surface area contributed by atoms with Crippen LogP contribution >= 0.6 is 11.6 Å². The van der Waals surface area contributed by atoms with Crippen LogP contribution in [0.15, 0.2) is 41.2 Å². The molecule has 1 amide bonds. The number of amides is 1. The molecular weight excluding hydrogens is 306 g/mol. The van der Waals surface area contributed by atoms with Gasteiger partial charge in [0.15, 0.2) is 6.61 Å². The van der Waals surface area contributed by atoms with Crippen molar-refractivity contribution in [2.45, 2.75) is 13.5 Å². The van der Waals surface area contributed by atoms with E-state index < -0.39 is 0 Å². The molecule has 1 aromatic carbocycles. The van der Waals surface area contributed by atoms with Gasteiger partial charge in [-0.05, 0) is 31.2 Å². The Labute approximate surface area is 132 Å². The van der Waals surface area contributed by atoms with Crippen LogP contribution in [0.5, 0.6) is 5.75 Å². The average molecular weight is 322 g/mol. The summed E-state index contributed by atoms with van der Waals surface area (Å²) in [6, 6.07) is 9.91. The maximum Gasteiger partial charge on any atom is 0.266 e. The summed E-state index contributed by atoms with van der Waals surface area (Å²) in [6.07, 6.45) is 0. The van der Waals surface area contributed by atoms with E-state index in [1.165, 1.54) is 10.7 Å². The average Bonchev–Trinajstić information content (AvgIpc) is 2.49. The second-order valence-electron chi connectivity index (χ2n) is 4.63. The predicted octanol–water partition coefficient (Wildman–Crippen LogP) is 1.40. The van der Waals surface area contributed by atoms with Crippen molar-refractivity contribution in [1.82, 2.24) is 15.1 Å². The van der Waals surface area contributed by atoms with Gasteiger partial charge in [-0.1, -0.05) is 17.7 Å². The third kappa shape index (κ3) is 4.89. The molecule has 1 heterocycles. The number of rotatable bonds is 6. The van der Waals surface area contributed by atoms with E-state index in [9.17, 15) is 9.59 Å². The fourth-order valence-corrected chi connectivity index (χ4v) is 1.95. The van der Waals surface area contributed by atoms with Gasteiger partial charge in [-0.25, -0.2) is 4.68 Å². The third-order valence-electron chi connectivity index (χ3n) is 2.81. The topological polar surface area (TPSA) is 73.2 Å². The number of hydrogen-bond acceptors (Lipinski definition) is 4. The van der Waals surface area contributed by atoms with E-state index in [-0.39, 0.29) is 18.1 Å². The van der Waals surface area contributed by atoms with Gasteiger partial charge < -0.3 is 10.1 Å². The van der Waals surface area contributed by atoms with Gasteiger partial charge in [0.2, 0.25) is 0 Å². The van der Waals surface area contributed by atoms with Crippen molar-refractivity contribution in [1.29, 1.82) is 0 Å². The predicted molar refractivity (Wildman–Crippen MR) is 83.2 cm³/mol. The van der Waals surface area contributed by atoms with Crippen molar-refractivity contribution in [3.05, 3.63) is 57.5 Å². The van der Waals surface area contributed by atoms with Crippen LogP contribution in [0, 0.1) is 6.92 Å². The van der Waals surface area contributed by atoms with Gasteiger partial charge in [-0.3, -0.25) is 9.59 Å². The number of aryl methyl sites for hydroxylation is 1. The molecule has 0 saturated heterocycles. The molecule has 0 spiro atoms. The molecule has 1 aromatic heterocycles. The summed E-state index contributed by atoms with van der Waals surface area (Å²) in [7, 11) is 0. The van der Waals surface area contributed by atoms with Crippen LogP contribution in [0.4, 0.5) is 0 Å². The van der Waals surface area contributed by atoms with E-state index in [4.69, 9.17) is 16.3 Å². The van der Waals surface area contributed by atoms with E-state index in [2.05, 4.69) is 10.4 Å². The second kappa shape index (κ2) is 7.61. The highest BCUT2D eigenvalue weighted by Gasteiger charge is 2.04. The normalized spacial score (nSPS) is 10.3. The van der Waals surface area contributed by atoms with Crippen LogP contribution in [0.2, 0.25) is 5.02 Å². The minimum Gasteiger partial charge on any atom is -0.484 e. The Morgan fingerprint density at radius 2 is 2.18 bits per heavy atom. The van der Waals surface area contributed by atoms with Gasteiger partial charge in [0.25, 0.3) is 11.5 Å². The molecule has 0 radical (unpaired) electrons. The lowest BCUT2D eigenvalue weighted by Gasteiger charge is -2.08. The second-order valence-corrected chi connectivity index (χ2v) is 5.07. The molecule has 0 fully saturated rings. The first kappa shape index (κ1) is 16.0. The number of ether oxygens (including phenoxy) is 1. The number of nitrogens with one attached hydrogen (secondary N) is 1. The highest BCUT2D eigenvalue weighted by molar-refractivity contribution is 6.30. The Morgan fingerprint density at radius 1 is 1.36 bits per heavy atom. The number of halogens is 1. The summed E-state index contributed by atoms with van der Waals surface area (Å²) >= 11 is 5.82. The smallest absolute Gasteiger partial charge is 0.266 e. The molecule has 0 saturated carbocycles. The van der Waals surface area contributed by atoms with Gasteiger partial charge in [-0.2, -0.15) is 5.10 Å². The molecular formula is C15H16ClN3O3. The van der Waals surface area contributed by atoms with E-state index in [0.29, 0.717) is 23.9 Å².